The number of aromatic carboxylic acids is 1. The van der Waals surface area contributed by atoms with Crippen LogP contribution in [0.5, 0.6) is 0 Å². The van der Waals surface area contributed by atoms with Gasteiger partial charge in [0.25, 0.3) is 0 Å². The van der Waals surface area contributed by atoms with Gasteiger partial charge in [-0.1, -0.05) is 73.1 Å². The molecular formula is C40H59NO4. The Balaban J connectivity index is 0.000000945. The number of carbonyl (C=O) groups is 3. The monoisotopic (exact) mass is 617 g/mol. The normalized spacial score (nSPS) is 38.6. The van der Waals surface area contributed by atoms with Gasteiger partial charge in [-0.25, -0.2) is 4.79 Å². The molecule has 9 atom stereocenters. The minimum absolute atomic E-state index is 0.0104. The van der Waals surface area contributed by atoms with E-state index in [4.69, 9.17) is 0 Å². The molecule has 248 valence electrons. The van der Waals surface area contributed by atoms with E-state index in [0.29, 0.717) is 40.6 Å². The Kier molecular flexibility index (Phi) is 9.27. The molecule has 0 aliphatic heterocycles. The number of carbonyl (C=O) groups excluding carboxylic acids is 2. The van der Waals surface area contributed by atoms with Crippen molar-refractivity contribution in [2.45, 2.75) is 126 Å². The van der Waals surface area contributed by atoms with Crippen LogP contribution >= 0.6 is 0 Å². The number of carboxylic acids is 1. The summed E-state index contributed by atoms with van der Waals surface area (Å²) in [7, 11) is 0. The third-order valence-electron chi connectivity index (χ3n) is 13.5. The molecule has 1 aromatic carbocycles. The Morgan fingerprint density at radius 3 is 2.13 bits per heavy atom. The Hall–Kier alpha value is -2.43. The van der Waals surface area contributed by atoms with Gasteiger partial charge in [0.1, 0.15) is 6.29 Å². The summed E-state index contributed by atoms with van der Waals surface area (Å²) in [6.07, 6.45) is 14.7. The first-order chi connectivity index (χ1) is 21.1. The van der Waals surface area contributed by atoms with Gasteiger partial charge in [0, 0.05) is 0 Å². The first kappa shape index (κ1) is 33.9. The molecule has 45 heavy (non-hydrogen) atoms. The molecule has 0 saturated heterocycles. The molecule has 0 heterocycles. The lowest BCUT2D eigenvalue weighted by Gasteiger charge is -2.68. The molecule has 1 amide bonds. The van der Waals surface area contributed by atoms with Crippen LogP contribution in [0.3, 0.4) is 0 Å². The Labute approximate surface area is 272 Å². The highest BCUT2D eigenvalue weighted by Crippen LogP contribution is 2.73. The van der Waals surface area contributed by atoms with Crippen molar-refractivity contribution >= 4 is 23.7 Å². The summed E-state index contributed by atoms with van der Waals surface area (Å²) in [6.45, 7) is 18.3. The van der Waals surface area contributed by atoms with Crippen molar-refractivity contribution in [2.24, 2.45) is 57.2 Å². The van der Waals surface area contributed by atoms with Crippen molar-refractivity contribution in [1.82, 2.24) is 5.32 Å². The Bertz CT molecular complexity index is 1310. The van der Waals surface area contributed by atoms with Crippen molar-refractivity contribution in [2.75, 3.05) is 0 Å². The van der Waals surface area contributed by atoms with Gasteiger partial charge in [0.2, 0.25) is 5.91 Å². The highest BCUT2D eigenvalue weighted by Gasteiger charge is 2.66. The fourth-order valence-corrected chi connectivity index (χ4v) is 11.9. The summed E-state index contributed by atoms with van der Waals surface area (Å²) in [6, 6.07) is 7.07. The number of aldehydes is 1. The van der Waals surface area contributed by atoms with Crippen LogP contribution in [0.4, 0.5) is 0 Å². The van der Waals surface area contributed by atoms with Crippen molar-refractivity contribution < 1.29 is 19.5 Å². The lowest BCUT2D eigenvalue weighted by atomic mass is 9.36. The topological polar surface area (TPSA) is 83.5 Å². The molecule has 8 unspecified atom stereocenters. The number of amides is 1. The van der Waals surface area contributed by atoms with Gasteiger partial charge >= 0.3 is 5.97 Å². The second kappa shape index (κ2) is 12.3. The number of benzene rings is 1. The third kappa shape index (κ3) is 5.63. The summed E-state index contributed by atoms with van der Waals surface area (Å²) >= 11 is 0. The molecule has 2 N–H and O–H groups in total. The van der Waals surface area contributed by atoms with Gasteiger partial charge in [0.15, 0.2) is 0 Å². The van der Waals surface area contributed by atoms with E-state index in [0.717, 1.165) is 56.3 Å². The van der Waals surface area contributed by atoms with Crippen LogP contribution in [0.25, 0.3) is 5.57 Å². The zero-order valence-electron chi connectivity index (χ0n) is 29.2. The molecule has 4 fully saturated rings. The minimum atomic E-state index is -0.878. The molecule has 0 bridgehead atoms. The fourth-order valence-electron chi connectivity index (χ4n) is 11.9. The second-order valence-corrected chi connectivity index (χ2v) is 17.3. The van der Waals surface area contributed by atoms with E-state index in [1.54, 1.807) is 19.1 Å². The molecule has 5 aliphatic rings. The van der Waals surface area contributed by atoms with E-state index >= 15 is 0 Å². The molecular weight excluding hydrogens is 558 g/mol. The summed E-state index contributed by atoms with van der Waals surface area (Å²) < 4.78 is 0. The lowest BCUT2D eigenvalue weighted by molar-refractivity contribution is -0.181. The summed E-state index contributed by atoms with van der Waals surface area (Å²) in [5.74, 6) is 3.07. The van der Waals surface area contributed by atoms with Crippen molar-refractivity contribution in [3.8, 4) is 0 Å². The zero-order chi connectivity index (χ0) is 32.9. The predicted molar refractivity (Wildman–Crippen MR) is 182 cm³/mol. The average molecular weight is 618 g/mol. The molecule has 0 aromatic heterocycles. The predicted octanol–water partition coefficient (Wildman–Crippen LogP) is 9.21. The molecule has 5 aliphatic carbocycles. The number of hydrogen-bond acceptors (Lipinski definition) is 3. The quantitative estimate of drug-likeness (QED) is 0.323. The minimum Gasteiger partial charge on any atom is -0.478 e. The van der Waals surface area contributed by atoms with Gasteiger partial charge < -0.3 is 15.2 Å². The summed E-state index contributed by atoms with van der Waals surface area (Å²) in [4.78, 5) is 36.4. The Morgan fingerprint density at radius 1 is 0.844 bits per heavy atom. The number of carboxylic acid groups (broad SMARTS) is 1. The smallest absolute Gasteiger partial charge is 0.335 e. The lowest BCUT2D eigenvalue weighted by Crippen LogP contribution is -2.62. The van der Waals surface area contributed by atoms with E-state index in [2.05, 4.69) is 59.9 Å². The highest BCUT2D eigenvalue weighted by atomic mass is 16.4. The molecule has 5 heteroatoms. The van der Waals surface area contributed by atoms with E-state index in [-0.39, 0.29) is 22.2 Å². The van der Waals surface area contributed by atoms with Gasteiger partial charge in [0.05, 0.1) is 17.0 Å². The van der Waals surface area contributed by atoms with Gasteiger partial charge in [-0.15, -0.1) is 0 Å². The van der Waals surface area contributed by atoms with Gasteiger partial charge in [-0.2, -0.15) is 0 Å². The maximum absolute atomic E-state index is 13.6. The zero-order valence-corrected chi connectivity index (χ0v) is 29.2. The van der Waals surface area contributed by atoms with Crippen LogP contribution in [-0.4, -0.2) is 29.3 Å². The van der Waals surface area contributed by atoms with Crippen LogP contribution in [-0.2, 0) is 9.59 Å². The van der Waals surface area contributed by atoms with Crippen LogP contribution in [0.1, 0.15) is 136 Å². The first-order valence-electron chi connectivity index (χ1n) is 17.9. The van der Waals surface area contributed by atoms with E-state index in [1.165, 1.54) is 31.3 Å². The van der Waals surface area contributed by atoms with Gasteiger partial charge in [-0.05, 0) is 140 Å². The van der Waals surface area contributed by atoms with Crippen molar-refractivity contribution in [3.63, 3.8) is 0 Å². The number of allylic oxidation sites excluding steroid dienone is 2. The largest absolute Gasteiger partial charge is 0.478 e. The standard InChI is InChI=1S/C36H49NO4.C4H10/c1-22(21-38)37-32(41)36-17-6-7-28(36)25-12-13-30-34(4,27(25)15-20-36)19-16-29-33(2,3)26(14-18-35(29,30)5)23-8-10-24(11-9-23)31(39)40;1-4(2)3/h8-11,14,21-22,25,27-30H,6-7,12-13,15-20H2,1-5H3,(H,37,41)(H,39,40);4H,1-3H3/t22?,25?,27?,28?,29?,30?,34?,35?,36-;/m0./s1. The molecule has 5 nitrogen and oxygen atoms in total. The van der Waals surface area contributed by atoms with E-state index in [9.17, 15) is 19.5 Å². The molecule has 4 saturated carbocycles. The van der Waals surface area contributed by atoms with Crippen LogP contribution in [0, 0.1) is 57.2 Å². The Morgan fingerprint density at radius 2 is 1.51 bits per heavy atom. The van der Waals surface area contributed by atoms with E-state index in [1.807, 2.05) is 12.1 Å². The SMILES string of the molecule is CC(C)C.CC(C=O)NC(=O)[C@]12CCCC1C1CCC3C(C)(CCC4C(C)(C)C(c5ccc(C(=O)O)cc5)=CCC43C)C1CC2. The summed E-state index contributed by atoms with van der Waals surface area (Å²) in [5, 5.41) is 12.4. The van der Waals surface area contributed by atoms with Gasteiger partial charge in [-0.3, -0.25) is 4.79 Å². The average Bonchev–Trinajstić information content (AvgIpc) is 3.42. The third-order valence-corrected chi connectivity index (χ3v) is 13.5. The maximum Gasteiger partial charge on any atom is 0.335 e. The number of rotatable bonds is 5. The molecule has 6 rings (SSSR count). The maximum atomic E-state index is 13.6. The number of hydrogen-bond donors (Lipinski definition) is 2. The summed E-state index contributed by atoms with van der Waals surface area (Å²) in [5.41, 5.74) is 3.13. The fraction of sp³-hybridized carbons (Fsp3) is 0.725. The van der Waals surface area contributed by atoms with E-state index < -0.39 is 12.0 Å². The van der Waals surface area contributed by atoms with Crippen LogP contribution in [0.2, 0.25) is 0 Å². The molecule has 0 spiro atoms. The number of nitrogens with one attached hydrogen (secondary N) is 1. The van der Waals surface area contributed by atoms with Crippen LogP contribution in [0.15, 0.2) is 30.3 Å². The van der Waals surface area contributed by atoms with Crippen molar-refractivity contribution in [1.29, 1.82) is 0 Å². The first-order valence-corrected chi connectivity index (χ1v) is 17.9. The second-order valence-electron chi connectivity index (χ2n) is 17.3. The van der Waals surface area contributed by atoms with Crippen LogP contribution < -0.4 is 5.32 Å². The highest BCUT2D eigenvalue weighted by molar-refractivity contribution is 5.88. The number of fused-ring (bicyclic) bond motifs is 7. The van der Waals surface area contributed by atoms with Crippen molar-refractivity contribution in [3.05, 3.63) is 41.5 Å². The molecule has 1 aromatic rings. The molecule has 0 radical (unpaired) electrons.